The van der Waals surface area contributed by atoms with E-state index >= 15 is 0 Å². The molecule has 3 aromatic carbocycles. The van der Waals surface area contributed by atoms with Crippen LogP contribution in [0.15, 0.2) is 54.1 Å². The zero-order valence-electron chi connectivity index (χ0n) is 24.9. The fourth-order valence-corrected chi connectivity index (χ4v) is 7.00. The Morgan fingerprint density at radius 3 is 2.70 bits per heavy atom. The highest BCUT2D eigenvalue weighted by molar-refractivity contribution is 7.22. The van der Waals surface area contributed by atoms with Gasteiger partial charge in [0.05, 0.1) is 35.5 Å². The second kappa shape index (κ2) is 11.4. The standard InChI is InChI=1S/C34H34N2O6S/c1-6-7-12-41-25-11-8-21(17-26(25)40-5)30-28(31(37)22-9-10-24-23(16-22)15-20(4)42-24)32(38)33(39)36(30)34-35-29-19(3)13-18(2)14-27(29)43-34/h8-11,13-14,16-17,20,30,37H,6-7,12,15H2,1-5H3/t20-,30-/m0/s1. The number of methoxy groups -OCH3 is 1. The number of aromatic nitrogens is 1. The van der Waals surface area contributed by atoms with E-state index in [-0.39, 0.29) is 17.4 Å². The highest BCUT2D eigenvalue weighted by Crippen LogP contribution is 2.46. The fourth-order valence-electron chi connectivity index (χ4n) is 5.83. The van der Waals surface area contributed by atoms with Crippen molar-refractivity contribution in [2.75, 3.05) is 18.6 Å². The fraction of sp³-hybridized carbons (Fsp3) is 0.324. The highest BCUT2D eigenvalue weighted by Gasteiger charge is 2.48. The number of fused-ring (bicyclic) bond motifs is 2. The van der Waals surface area contributed by atoms with Crippen molar-refractivity contribution in [3.8, 4) is 17.2 Å². The van der Waals surface area contributed by atoms with Crippen LogP contribution in [0.3, 0.4) is 0 Å². The molecular weight excluding hydrogens is 564 g/mol. The van der Waals surface area contributed by atoms with E-state index in [1.807, 2.05) is 45.0 Å². The van der Waals surface area contributed by atoms with Gasteiger partial charge < -0.3 is 19.3 Å². The summed E-state index contributed by atoms with van der Waals surface area (Å²) >= 11 is 1.34. The molecule has 1 fully saturated rings. The minimum Gasteiger partial charge on any atom is -0.507 e. The molecule has 1 aromatic heterocycles. The smallest absolute Gasteiger partial charge is 0.301 e. The average molecular weight is 599 g/mol. The van der Waals surface area contributed by atoms with Crippen molar-refractivity contribution in [2.45, 2.75) is 59.1 Å². The molecule has 4 aromatic rings. The van der Waals surface area contributed by atoms with Crippen molar-refractivity contribution >= 4 is 44.1 Å². The lowest BCUT2D eigenvalue weighted by Gasteiger charge is -2.24. The number of aliphatic hydroxyl groups excluding tert-OH is 1. The monoisotopic (exact) mass is 598 g/mol. The summed E-state index contributed by atoms with van der Waals surface area (Å²) in [7, 11) is 1.55. The summed E-state index contributed by atoms with van der Waals surface area (Å²) in [6.45, 7) is 8.60. The van der Waals surface area contributed by atoms with Crippen LogP contribution in [0.1, 0.15) is 60.5 Å². The predicted octanol–water partition coefficient (Wildman–Crippen LogP) is 7.05. The quantitative estimate of drug-likeness (QED) is 0.100. The number of anilines is 1. The topological polar surface area (TPSA) is 98.2 Å². The Morgan fingerprint density at radius 1 is 1.12 bits per heavy atom. The molecule has 3 heterocycles. The Morgan fingerprint density at radius 2 is 1.93 bits per heavy atom. The molecular formula is C34H34N2O6S. The van der Waals surface area contributed by atoms with Crippen LogP contribution in [0.2, 0.25) is 0 Å². The van der Waals surface area contributed by atoms with E-state index < -0.39 is 17.7 Å². The molecule has 0 spiro atoms. The molecule has 8 nitrogen and oxygen atoms in total. The van der Waals surface area contributed by atoms with Gasteiger partial charge in [-0.15, -0.1) is 0 Å². The van der Waals surface area contributed by atoms with Crippen LogP contribution < -0.4 is 19.1 Å². The van der Waals surface area contributed by atoms with Gasteiger partial charge in [0.25, 0.3) is 5.78 Å². The number of aryl methyl sites for hydroxylation is 2. The first-order valence-corrected chi connectivity index (χ1v) is 15.3. The van der Waals surface area contributed by atoms with Crippen LogP contribution in [0.4, 0.5) is 5.13 Å². The molecule has 0 unspecified atom stereocenters. The number of Topliss-reactive ketones (excluding diaryl/α,β-unsaturated/α-hetero) is 1. The van der Waals surface area contributed by atoms with E-state index in [9.17, 15) is 14.7 Å². The van der Waals surface area contributed by atoms with E-state index in [2.05, 4.69) is 6.92 Å². The molecule has 2 aliphatic heterocycles. The summed E-state index contributed by atoms with van der Waals surface area (Å²) in [6.07, 6.45) is 2.60. The van der Waals surface area contributed by atoms with E-state index in [1.54, 1.807) is 31.4 Å². The van der Waals surface area contributed by atoms with Crippen LogP contribution in [0, 0.1) is 13.8 Å². The maximum Gasteiger partial charge on any atom is 0.301 e. The second-order valence-electron chi connectivity index (χ2n) is 11.2. The van der Waals surface area contributed by atoms with Gasteiger partial charge in [-0.1, -0.05) is 36.8 Å². The maximum absolute atomic E-state index is 13.8. The van der Waals surface area contributed by atoms with Gasteiger partial charge in [-0.05, 0) is 85.8 Å². The Labute approximate surface area is 254 Å². The van der Waals surface area contributed by atoms with Crippen LogP contribution >= 0.6 is 11.3 Å². The van der Waals surface area contributed by atoms with E-state index in [0.717, 1.165) is 45.5 Å². The summed E-state index contributed by atoms with van der Waals surface area (Å²) in [4.78, 5) is 33.8. The largest absolute Gasteiger partial charge is 0.507 e. The summed E-state index contributed by atoms with van der Waals surface area (Å²) in [5.74, 6) is 0.0182. The molecule has 2 atom stereocenters. The van der Waals surface area contributed by atoms with Crippen molar-refractivity contribution < 1.29 is 28.9 Å². The van der Waals surface area contributed by atoms with Crippen LogP contribution in [0.25, 0.3) is 16.0 Å². The summed E-state index contributed by atoms with van der Waals surface area (Å²) in [6, 6.07) is 13.8. The van der Waals surface area contributed by atoms with Crippen LogP contribution in [-0.2, 0) is 16.0 Å². The predicted molar refractivity (Wildman–Crippen MR) is 168 cm³/mol. The molecule has 0 bridgehead atoms. The van der Waals surface area contributed by atoms with E-state index in [0.29, 0.717) is 40.8 Å². The Kier molecular flexibility index (Phi) is 7.60. The number of hydrogen-bond donors (Lipinski definition) is 1. The average Bonchev–Trinajstić information content (AvgIpc) is 3.65. The number of hydrogen-bond acceptors (Lipinski definition) is 8. The lowest BCUT2D eigenvalue weighted by atomic mass is 9.94. The van der Waals surface area contributed by atoms with Gasteiger partial charge in [-0.3, -0.25) is 14.5 Å². The van der Waals surface area contributed by atoms with Gasteiger partial charge in [0.15, 0.2) is 16.6 Å². The number of unbranched alkanes of at least 4 members (excludes halogenated alkanes) is 1. The molecule has 1 amide bonds. The first-order valence-electron chi connectivity index (χ1n) is 14.5. The molecule has 0 radical (unpaired) electrons. The molecule has 0 aliphatic carbocycles. The normalized spacial score (nSPS) is 19.1. The van der Waals surface area contributed by atoms with Crippen molar-refractivity contribution in [3.05, 3.63) is 81.9 Å². The van der Waals surface area contributed by atoms with Gasteiger partial charge in [-0.2, -0.15) is 0 Å². The van der Waals surface area contributed by atoms with E-state index in [4.69, 9.17) is 19.2 Å². The van der Waals surface area contributed by atoms with Crippen molar-refractivity contribution in [1.82, 2.24) is 4.98 Å². The third-order valence-corrected chi connectivity index (χ3v) is 8.90. The second-order valence-corrected chi connectivity index (χ2v) is 12.2. The number of nitrogens with zero attached hydrogens (tertiary/aromatic N) is 2. The molecule has 0 saturated carbocycles. The Bertz CT molecular complexity index is 1790. The number of ether oxygens (including phenoxy) is 3. The van der Waals surface area contributed by atoms with E-state index in [1.165, 1.54) is 16.2 Å². The first kappa shape index (κ1) is 28.7. The minimum atomic E-state index is -0.941. The van der Waals surface area contributed by atoms with Gasteiger partial charge in [0.2, 0.25) is 0 Å². The molecule has 1 saturated heterocycles. The van der Waals surface area contributed by atoms with Crippen molar-refractivity contribution in [1.29, 1.82) is 0 Å². The van der Waals surface area contributed by atoms with Crippen molar-refractivity contribution in [2.24, 2.45) is 0 Å². The maximum atomic E-state index is 13.8. The summed E-state index contributed by atoms with van der Waals surface area (Å²) in [5.41, 5.74) is 4.80. The summed E-state index contributed by atoms with van der Waals surface area (Å²) in [5, 5.41) is 12.1. The third kappa shape index (κ3) is 5.12. The number of amides is 1. The zero-order valence-corrected chi connectivity index (χ0v) is 25.7. The number of ketones is 1. The van der Waals surface area contributed by atoms with Gasteiger partial charge in [0, 0.05) is 12.0 Å². The molecule has 6 rings (SSSR count). The Balaban J connectivity index is 1.52. The van der Waals surface area contributed by atoms with Crippen molar-refractivity contribution in [3.63, 3.8) is 0 Å². The number of benzene rings is 3. The lowest BCUT2D eigenvalue weighted by molar-refractivity contribution is -0.132. The zero-order chi connectivity index (χ0) is 30.4. The molecule has 9 heteroatoms. The highest BCUT2D eigenvalue weighted by atomic mass is 32.1. The molecule has 43 heavy (non-hydrogen) atoms. The lowest BCUT2D eigenvalue weighted by Crippen LogP contribution is -2.29. The minimum absolute atomic E-state index is 0.00854. The SMILES string of the molecule is CCCCOc1ccc([C@H]2C(=C(O)c3ccc4c(c3)C[C@H](C)O4)C(=O)C(=O)N2c2nc3c(C)cc(C)cc3s2)cc1OC. The molecule has 222 valence electrons. The van der Waals surface area contributed by atoms with Gasteiger partial charge in [0.1, 0.15) is 17.6 Å². The Hall–Kier alpha value is -4.37. The van der Waals surface area contributed by atoms with Crippen LogP contribution in [-0.4, -0.2) is 41.6 Å². The summed E-state index contributed by atoms with van der Waals surface area (Å²) < 4.78 is 18.4. The first-order chi connectivity index (χ1) is 20.7. The molecule has 1 N–H and O–H groups in total. The number of rotatable bonds is 8. The van der Waals surface area contributed by atoms with Crippen LogP contribution in [0.5, 0.6) is 17.2 Å². The third-order valence-electron chi connectivity index (χ3n) is 7.90. The van der Waals surface area contributed by atoms with Gasteiger partial charge >= 0.3 is 5.91 Å². The number of carbonyl (C=O) groups is 2. The number of aliphatic hydroxyl groups is 1. The molecule has 2 aliphatic rings. The van der Waals surface area contributed by atoms with Gasteiger partial charge in [-0.25, -0.2) is 4.98 Å². The number of thiazole rings is 1. The number of carbonyl (C=O) groups excluding carboxylic acids is 2.